The van der Waals surface area contributed by atoms with Crippen LogP contribution in [0, 0.1) is 12.8 Å². The van der Waals surface area contributed by atoms with Crippen LogP contribution in [0.2, 0.25) is 5.02 Å². The van der Waals surface area contributed by atoms with Gasteiger partial charge in [0.15, 0.2) is 0 Å². The molecule has 0 aromatic heterocycles. The molecule has 0 radical (unpaired) electrons. The van der Waals surface area contributed by atoms with Gasteiger partial charge < -0.3 is 15.7 Å². The van der Waals surface area contributed by atoms with Crippen molar-refractivity contribution in [3.63, 3.8) is 0 Å². The minimum atomic E-state index is -0.754. The van der Waals surface area contributed by atoms with E-state index in [0.717, 1.165) is 31.2 Å². The van der Waals surface area contributed by atoms with Crippen LogP contribution in [-0.2, 0) is 9.59 Å². The summed E-state index contributed by atoms with van der Waals surface area (Å²) in [5, 5.41) is 15.3. The second kappa shape index (κ2) is 7.61. The Morgan fingerprint density at radius 2 is 2.00 bits per heavy atom. The summed E-state index contributed by atoms with van der Waals surface area (Å²) in [5.74, 6) is -1.45. The summed E-state index contributed by atoms with van der Waals surface area (Å²) in [5.41, 5.74) is 1.38. The molecule has 6 heteroatoms. The van der Waals surface area contributed by atoms with E-state index in [1.165, 1.54) is 0 Å². The smallest absolute Gasteiger partial charge is 0.313 e. The molecular formula is C16H21ClN2O3. The van der Waals surface area contributed by atoms with Crippen LogP contribution in [0.3, 0.4) is 0 Å². The number of amides is 2. The minimum Gasteiger partial charge on any atom is -0.393 e. The lowest BCUT2D eigenvalue weighted by Gasteiger charge is -2.27. The molecule has 1 aliphatic rings. The second-order valence-electron chi connectivity index (χ2n) is 5.76. The highest BCUT2D eigenvalue weighted by atomic mass is 35.5. The molecule has 1 saturated carbocycles. The van der Waals surface area contributed by atoms with Gasteiger partial charge in [-0.1, -0.05) is 30.5 Å². The molecule has 2 atom stereocenters. The SMILES string of the molecule is Cc1ccc(NC(=O)C(=O)NC[C@@H]2CCCC[C@H]2O)c(Cl)c1. The van der Waals surface area contributed by atoms with E-state index in [9.17, 15) is 14.7 Å². The largest absolute Gasteiger partial charge is 0.393 e. The van der Waals surface area contributed by atoms with Crippen molar-refractivity contribution in [1.82, 2.24) is 5.32 Å². The second-order valence-corrected chi connectivity index (χ2v) is 6.17. The van der Waals surface area contributed by atoms with Crippen molar-refractivity contribution in [2.24, 2.45) is 5.92 Å². The van der Waals surface area contributed by atoms with Gasteiger partial charge in [-0.25, -0.2) is 0 Å². The average Bonchev–Trinajstić information content (AvgIpc) is 2.49. The van der Waals surface area contributed by atoms with Gasteiger partial charge in [0.25, 0.3) is 0 Å². The lowest BCUT2D eigenvalue weighted by atomic mass is 9.86. The van der Waals surface area contributed by atoms with Gasteiger partial charge in [-0.05, 0) is 37.5 Å². The number of aliphatic hydroxyl groups is 1. The van der Waals surface area contributed by atoms with Crippen molar-refractivity contribution < 1.29 is 14.7 Å². The van der Waals surface area contributed by atoms with Gasteiger partial charge in [0.2, 0.25) is 0 Å². The molecule has 2 rings (SSSR count). The van der Waals surface area contributed by atoms with E-state index in [1.807, 2.05) is 6.92 Å². The zero-order chi connectivity index (χ0) is 16.1. The van der Waals surface area contributed by atoms with Gasteiger partial charge in [-0.15, -0.1) is 0 Å². The molecule has 3 N–H and O–H groups in total. The number of carbonyl (C=O) groups is 2. The molecule has 0 bridgehead atoms. The summed E-state index contributed by atoms with van der Waals surface area (Å²) in [6.45, 7) is 2.20. The number of anilines is 1. The average molecular weight is 325 g/mol. The van der Waals surface area contributed by atoms with Crippen molar-refractivity contribution >= 4 is 29.1 Å². The van der Waals surface area contributed by atoms with Crippen molar-refractivity contribution in [3.8, 4) is 0 Å². The molecule has 0 aliphatic heterocycles. The van der Waals surface area contributed by atoms with Crippen LogP contribution in [-0.4, -0.2) is 29.6 Å². The molecule has 0 spiro atoms. The standard InChI is InChI=1S/C16H21ClN2O3/c1-10-6-7-13(12(17)8-10)19-16(22)15(21)18-9-11-4-2-3-5-14(11)20/h6-8,11,14,20H,2-5,9H2,1H3,(H,18,21)(H,19,22)/t11-,14+/m0/s1. The van der Waals surface area contributed by atoms with Crippen LogP contribution in [0.5, 0.6) is 0 Å². The first kappa shape index (κ1) is 16.8. The lowest BCUT2D eigenvalue weighted by molar-refractivity contribution is -0.136. The fraction of sp³-hybridized carbons (Fsp3) is 0.500. The van der Waals surface area contributed by atoms with Crippen LogP contribution < -0.4 is 10.6 Å². The van der Waals surface area contributed by atoms with Crippen molar-refractivity contribution in [2.45, 2.75) is 38.7 Å². The van der Waals surface area contributed by atoms with Gasteiger partial charge in [-0.2, -0.15) is 0 Å². The summed E-state index contributed by atoms with van der Waals surface area (Å²) < 4.78 is 0. The first-order chi connectivity index (χ1) is 10.5. The first-order valence-corrected chi connectivity index (χ1v) is 7.88. The number of benzene rings is 1. The predicted molar refractivity (Wildman–Crippen MR) is 85.8 cm³/mol. The van der Waals surface area contributed by atoms with Crippen molar-refractivity contribution in [2.75, 3.05) is 11.9 Å². The lowest BCUT2D eigenvalue weighted by Crippen LogP contribution is -2.41. The topological polar surface area (TPSA) is 78.4 Å². The number of hydrogen-bond acceptors (Lipinski definition) is 3. The molecule has 1 aromatic rings. The first-order valence-electron chi connectivity index (χ1n) is 7.51. The fourth-order valence-electron chi connectivity index (χ4n) is 2.63. The summed E-state index contributed by atoms with van der Waals surface area (Å²) in [7, 11) is 0. The maximum atomic E-state index is 11.9. The Morgan fingerprint density at radius 3 is 2.68 bits per heavy atom. The van der Waals surface area contributed by atoms with Gasteiger partial charge in [0, 0.05) is 12.5 Å². The van der Waals surface area contributed by atoms with Gasteiger partial charge in [-0.3, -0.25) is 9.59 Å². The Labute approximate surface area is 135 Å². The third-order valence-electron chi connectivity index (χ3n) is 3.97. The fourth-order valence-corrected chi connectivity index (χ4v) is 2.91. The van der Waals surface area contributed by atoms with Gasteiger partial charge in [0.1, 0.15) is 0 Å². The number of carbonyl (C=O) groups excluding carboxylic acids is 2. The molecule has 0 saturated heterocycles. The Balaban J connectivity index is 1.85. The van der Waals surface area contributed by atoms with Crippen LogP contribution in [0.4, 0.5) is 5.69 Å². The molecule has 5 nitrogen and oxygen atoms in total. The highest BCUT2D eigenvalue weighted by molar-refractivity contribution is 6.41. The van der Waals surface area contributed by atoms with Crippen molar-refractivity contribution in [1.29, 1.82) is 0 Å². The quantitative estimate of drug-likeness (QED) is 0.746. The predicted octanol–water partition coefficient (Wildman–Crippen LogP) is 2.25. The number of nitrogens with one attached hydrogen (secondary N) is 2. The van der Waals surface area contributed by atoms with Gasteiger partial charge in [0.05, 0.1) is 16.8 Å². The van der Waals surface area contributed by atoms with E-state index in [2.05, 4.69) is 10.6 Å². The number of hydrogen-bond donors (Lipinski definition) is 3. The summed E-state index contributed by atoms with van der Waals surface area (Å²) >= 11 is 6.02. The van der Waals surface area contributed by atoms with E-state index in [-0.39, 0.29) is 5.92 Å². The van der Waals surface area contributed by atoms with E-state index >= 15 is 0 Å². The molecule has 0 heterocycles. The monoisotopic (exact) mass is 324 g/mol. The highest BCUT2D eigenvalue weighted by Crippen LogP contribution is 2.24. The molecular weight excluding hydrogens is 304 g/mol. The summed E-state index contributed by atoms with van der Waals surface area (Å²) in [6, 6.07) is 5.18. The summed E-state index contributed by atoms with van der Waals surface area (Å²) in [6.07, 6.45) is 3.28. The third kappa shape index (κ3) is 4.45. The van der Waals surface area contributed by atoms with E-state index in [1.54, 1.807) is 18.2 Å². The van der Waals surface area contributed by atoms with E-state index in [4.69, 9.17) is 11.6 Å². The zero-order valence-corrected chi connectivity index (χ0v) is 13.3. The molecule has 1 aromatic carbocycles. The van der Waals surface area contributed by atoms with Crippen LogP contribution in [0.15, 0.2) is 18.2 Å². The maximum absolute atomic E-state index is 11.9. The minimum absolute atomic E-state index is 0.0217. The third-order valence-corrected chi connectivity index (χ3v) is 4.29. The molecule has 22 heavy (non-hydrogen) atoms. The van der Waals surface area contributed by atoms with Crippen LogP contribution in [0.25, 0.3) is 0 Å². The normalized spacial score (nSPS) is 21.2. The van der Waals surface area contributed by atoms with Gasteiger partial charge >= 0.3 is 11.8 Å². The highest BCUT2D eigenvalue weighted by Gasteiger charge is 2.24. The number of rotatable bonds is 3. The number of aliphatic hydroxyl groups excluding tert-OH is 1. The van der Waals surface area contributed by atoms with Crippen LogP contribution >= 0.6 is 11.6 Å². The zero-order valence-electron chi connectivity index (χ0n) is 12.6. The van der Waals surface area contributed by atoms with Crippen molar-refractivity contribution in [3.05, 3.63) is 28.8 Å². The van der Waals surface area contributed by atoms with E-state index < -0.39 is 17.9 Å². The Hall–Kier alpha value is -1.59. The van der Waals surface area contributed by atoms with E-state index in [0.29, 0.717) is 17.3 Å². The Morgan fingerprint density at radius 1 is 1.27 bits per heavy atom. The molecule has 1 fully saturated rings. The molecule has 2 amide bonds. The number of halogens is 1. The summed E-state index contributed by atoms with van der Waals surface area (Å²) in [4.78, 5) is 23.7. The maximum Gasteiger partial charge on any atom is 0.313 e. The number of aryl methyl sites for hydroxylation is 1. The Kier molecular flexibility index (Phi) is 5.80. The molecule has 1 aliphatic carbocycles. The Bertz CT molecular complexity index is 562. The molecule has 0 unspecified atom stereocenters. The van der Waals surface area contributed by atoms with Crippen LogP contribution in [0.1, 0.15) is 31.2 Å². The molecule has 120 valence electrons.